The molecule has 4 fully saturated rings. The van der Waals surface area contributed by atoms with E-state index in [1.165, 1.54) is 0 Å². The van der Waals surface area contributed by atoms with Crippen molar-refractivity contribution in [3.05, 3.63) is 35.9 Å². The zero-order valence-electron chi connectivity index (χ0n) is 16.8. The van der Waals surface area contributed by atoms with E-state index >= 15 is 0 Å². The first kappa shape index (κ1) is 18.6. The highest BCUT2D eigenvalue weighted by Crippen LogP contribution is 2.57. The number of fused-ring (bicyclic) bond motifs is 1. The summed E-state index contributed by atoms with van der Waals surface area (Å²) in [7, 11) is 0. The summed E-state index contributed by atoms with van der Waals surface area (Å²) in [5, 5.41) is 13.0. The number of alkyl carbamates (subject to hydrolysis) is 1. The third-order valence-electron chi connectivity index (χ3n) is 6.39. The van der Waals surface area contributed by atoms with Crippen molar-refractivity contribution in [1.82, 2.24) is 29.9 Å². The Morgan fingerprint density at radius 2 is 2.26 bits per heavy atom. The molecule has 0 spiro atoms. The quantitative estimate of drug-likeness (QED) is 0.573. The molecular weight excluding hydrogens is 405 g/mol. The number of carbonyl (C=O) groups is 1. The molecule has 4 aliphatic rings. The Bertz CT molecular complexity index is 1140. The van der Waals surface area contributed by atoms with Gasteiger partial charge in [-0.15, -0.1) is 0 Å². The summed E-state index contributed by atoms with van der Waals surface area (Å²) in [5.41, 5.74) is 1.96. The highest BCUT2D eigenvalue weighted by molar-refractivity contribution is 5.69. The monoisotopic (exact) mass is 427 g/mol. The molecule has 3 saturated carbocycles. The number of ether oxygens (including phenoxy) is 2. The minimum Gasteiger partial charge on any atom is -0.441 e. The van der Waals surface area contributed by atoms with Crippen LogP contribution in [0.2, 0.25) is 0 Å². The average Bonchev–Trinajstić information content (AvgIpc) is 3.37. The van der Waals surface area contributed by atoms with Crippen LogP contribution in [-0.2, 0) is 9.47 Å². The molecule has 31 heavy (non-hydrogen) atoms. The number of imidazole rings is 1. The predicted octanol–water partition coefficient (Wildman–Crippen LogP) is 2.56. The minimum atomic E-state index is -1.50. The third-order valence-corrected chi connectivity index (χ3v) is 6.39. The van der Waals surface area contributed by atoms with Gasteiger partial charge in [-0.1, -0.05) is 0 Å². The van der Waals surface area contributed by atoms with E-state index in [0.717, 1.165) is 36.5 Å². The summed E-state index contributed by atoms with van der Waals surface area (Å²) in [6.07, 6.45) is 2.58. The van der Waals surface area contributed by atoms with Crippen molar-refractivity contribution in [2.45, 2.75) is 50.1 Å². The zero-order valence-corrected chi connectivity index (χ0v) is 16.8. The molecule has 2 bridgehead atoms. The molecule has 4 heterocycles. The molecule has 1 aliphatic heterocycles. The molecular formula is C20H22FN7O3. The summed E-state index contributed by atoms with van der Waals surface area (Å²) in [4.78, 5) is 20.8. The van der Waals surface area contributed by atoms with Gasteiger partial charge in [0, 0.05) is 24.0 Å². The first-order chi connectivity index (χ1) is 15.0. The Labute approximate surface area is 176 Å². The largest absolute Gasteiger partial charge is 0.441 e. The normalized spacial score (nSPS) is 31.2. The van der Waals surface area contributed by atoms with Crippen LogP contribution < -0.4 is 10.6 Å². The van der Waals surface area contributed by atoms with Crippen molar-refractivity contribution in [2.75, 3.05) is 11.9 Å². The molecule has 1 amide bonds. The van der Waals surface area contributed by atoms with Crippen molar-refractivity contribution >= 4 is 23.5 Å². The maximum Gasteiger partial charge on any atom is 0.408 e. The number of amides is 1. The van der Waals surface area contributed by atoms with E-state index in [9.17, 15) is 9.18 Å². The molecule has 3 aromatic rings. The van der Waals surface area contributed by atoms with E-state index in [1.54, 1.807) is 18.3 Å². The van der Waals surface area contributed by atoms with Crippen LogP contribution in [0.5, 0.6) is 0 Å². The molecule has 1 saturated heterocycles. The number of anilines is 2. The summed E-state index contributed by atoms with van der Waals surface area (Å²) in [6, 6.07) is 3.46. The summed E-state index contributed by atoms with van der Waals surface area (Å²) in [6.45, 7) is 1.89. The van der Waals surface area contributed by atoms with Crippen LogP contribution in [0.15, 0.2) is 24.5 Å². The molecule has 11 heteroatoms. The molecule has 0 radical (unpaired) electrons. The molecule has 10 nitrogen and oxygen atoms in total. The van der Waals surface area contributed by atoms with Gasteiger partial charge in [0.25, 0.3) is 0 Å². The number of aromatic nitrogens is 5. The van der Waals surface area contributed by atoms with Crippen molar-refractivity contribution in [3.63, 3.8) is 0 Å². The Morgan fingerprint density at radius 1 is 1.42 bits per heavy atom. The topological polar surface area (TPSA) is 118 Å². The first-order valence-electron chi connectivity index (χ1n) is 10.4. The van der Waals surface area contributed by atoms with E-state index in [-0.39, 0.29) is 12.1 Å². The lowest BCUT2D eigenvalue weighted by Crippen LogP contribution is -2.68. The van der Waals surface area contributed by atoms with Gasteiger partial charge >= 0.3 is 6.09 Å². The number of aromatic amines is 1. The van der Waals surface area contributed by atoms with Crippen LogP contribution in [0.4, 0.5) is 21.0 Å². The van der Waals surface area contributed by atoms with E-state index in [2.05, 4.69) is 30.8 Å². The smallest absolute Gasteiger partial charge is 0.408 e. The van der Waals surface area contributed by atoms with E-state index in [0.29, 0.717) is 17.5 Å². The Kier molecular flexibility index (Phi) is 3.98. The maximum absolute atomic E-state index is 15.0. The van der Waals surface area contributed by atoms with Gasteiger partial charge in [0.1, 0.15) is 11.8 Å². The highest BCUT2D eigenvalue weighted by Gasteiger charge is 2.58. The molecule has 0 unspecified atom stereocenters. The number of H-pyrrole nitrogens is 1. The second-order valence-corrected chi connectivity index (χ2v) is 8.74. The fourth-order valence-electron chi connectivity index (χ4n) is 4.75. The van der Waals surface area contributed by atoms with Gasteiger partial charge in [0.05, 0.1) is 18.0 Å². The number of carbonyl (C=O) groups excluding carboxylic acids is 1. The van der Waals surface area contributed by atoms with Gasteiger partial charge in [-0.2, -0.15) is 5.10 Å². The first-order valence-corrected chi connectivity index (χ1v) is 10.4. The number of nitrogens with zero attached hydrogens (tertiary/aromatic N) is 4. The van der Waals surface area contributed by atoms with Crippen LogP contribution in [-0.4, -0.2) is 55.1 Å². The molecule has 162 valence electrons. The number of halogens is 1. The van der Waals surface area contributed by atoms with Gasteiger partial charge in [0.2, 0.25) is 5.95 Å². The van der Waals surface area contributed by atoms with Gasteiger partial charge in [0.15, 0.2) is 18.1 Å². The van der Waals surface area contributed by atoms with Gasteiger partial charge in [-0.3, -0.25) is 9.50 Å². The van der Waals surface area contributed by atoms with Gasteiger partial charge in [-0.05, 0) is 38.2 Å². The second kappa shape index (κ2) is 6.64. The number of hydrogen-bond donors (Lipinski definition) is 3. The van der Waals surface area contributed by atoms with Crippen LogP contribution in [0.3, 0.4) is 0 Å². The number of aryl methyl sites for hydroxylation is 1. The maximum atomic E-state index is 15.0. The van der Waals surface area contributed by atoms with E-state index < -0.39 is 24.5 Å². The third kappa shape index (κ3) is 3.11. The molecule has 7 rings (SSSR count). The molecule has 0 aromatic carbocycles. The highest BCUT2D eigenvalue weighted by atomic mass is 19.1. The van der Waals surface area contributed by atoms with Gasteiger partial charge in [-0.25, -0.2) is 19.2 Å². The SMILES string of the molecule is Cc1cn2c(Nc3cc([C@@H]4OC[C@H](OC(=O)NC56CC(C5)C6)[C@H]4F)[nH]n3)nccc2n1. The van der Waals surface area contributed by atoms with Crippen molar-refractivity contribution in [2.24, 2.45) is 5.92 Å². The lowest BCUT2D eigenvalue weighted by Gasteiger charge is -2.61. The van der Waals surface area contributed by atoms with E-state index in [4.69, 9.17) is 9.47 Å². The Hall–Kier alpha value is -3.21. The van der Waals surface area contributed by atoms with Crippen LogP contribution in [0.1, 0.15) is 36.8 Å². The van der Waals surface area contributed by atoms with Gasteiger partial charge < -0.3 is 20.1 Å². The van der Waals surface area contributed by atoms with Crippen molar-refractivity contribution in [3.8, 4) is 0 Å². The number of nitrogens with one attached hydrogen (secondary N) is 3. The average molecular weight is 427 g/mol. The summed E-state index contributed by atoms with van der Waals surface area (Å²) >= 11 is 0. The van der Waals surface area contributed by atoms with Crippen LogP contribution in [0, 0.1) is 12.8 Å². The summed E-state index contributed by atoms with van der Waals surface area (Å²) in [5.74, 6) is 1.73. The standard InChI is InChI=1S/C20H22FN7O3/c1-10-8-28-15(23-10)2-3-22-18(28)24-14-4-12(26-27-14)17-16(21)13(9-30-17)31-19(29)25-20-5-11(6-20)7-20/h2-4,8,11,13,16-17H,5-7,9H2,1H3,(H,25,29)(H2,22,24,26,27)/t11?,13-,16+,17-,20?/m0/s1. The molecule has 3 aliphatic carbocycles. The fourth-order valence-corrected chi connectivity index (χ4v) is 4.75. The fraction of sp³-hybridized carbons (Fsp3) is 0.500. The Morgan fingerprint density at radius 3 is 3.03 bits per heavy atom. The van der Waals surface area contributed by atoms with E-state index in [1.807, 2.05) is 17.5 Å². The summed E-state index contributed by atoms with van der Waals surface area (Å²) < 4.78 is 27.6. The molecule has 3 atom stereocenters. The Balaban J connectivity index is 1.11. The predicted molar refractivity (Wildman–Crippen MR) is 107 cm³/mol. The van der Waals surface area contributed by atoms with Crippen molar-refractivity contribution < 1.29 is 18.7 Å². The lowest BCUT2D eigenvalue weighted by atomic mass is 9.50. The number of rotatable bonds is 5. The van der Waals surface area contributed by atoms with Crippen LogP contribution >= 0.6 is 0 Å². The number of alkyl halides is 1. The second-order valence-electron chi connectivity index (χ2n) is 8.74. The lowest BCUT2D eigenvalue weighted by molar-refractivity contribution is -0.0528. The zero-order chi connectivity index (χ0) is 21.2. The van der Waals surface area contributed by atoms with Crippen molar-refractivity contribution in [1.29, 1.82) is 0 Å². The minimum absolute atomic E-state index is 0.00810. The molecule has 3 N–H and O–H groups in total. The number of hydrogen-bond acceptors (Lipinski definition) is 7. The van der Waals surface area contributed by atoms with Crippen LogP contribution in [0.25, 0.3) is 5.65 Å². The molecule has 3 aromatic heterocycles.